The largest absolute Gasteiger partial charge is 0.452 e. The molecule has 2 N–H and O–H groups in total. The number of halogens is 1. The molecule has 4 nitrogen and oxygen atoms in total. The van der Waals surface area contributed by atoms with Gasteiger partial charge in [0.25, 0.3) is 0 Å². The van der Waals surface area contributed by atoms with Gasteiger partial charge in [0.15, 0.2) is 5.75 Å². The highest BCUT2D eigenvalue weighted by atomic mass is 35.5. The van der Waals surface area contributed by atoms with E-state index < -0.39 is 0 Å². The van der Waals surface area contributed by atoms with Crippen LogP contribution in [-0.4, -0.2) is 15.8 Å². The number of rotatable bonds is 6. The van der Waals surface area contributed by atoms with Crippen LogP contribution in [-0.2, 0) is 13.0 Å². The molecule has 1 unspecified atom stereocenters. The molecule has 20 heavy (non-hydrogen) atoms. The average molecular weight is 294 g/mol. The third-order valence-corrected chi connectivity index (χ3v) is 3.14. The van der Waals surface area contributed by atoms with Crippen molar-refractivity contribution in [3.8, 4) is 11.5 Å². The summed E-state index contributed by atoms with van der Waals surface area (Å²) in [6.07, 6.45) is 5.40. The van der Waals surface area contributed by atoms with Crippen LogP contribution in [0.25, 0.3) is 0 Å². The van der Waals surface area contributed by atoms with Gasteiger partial charge in [-0.2, -0.15) is 5.10 Å². The summed E-state index contributed by atoms with van der Waals surface area (Å²) in [7, 11) is 0. The van der Waals surface area contributed by atoms with E-state index >= 15 is 0 Å². The first-order valence-corrected chi connectivity index (χ1v) is 7.20. The molecule has 5 heteroatoms. The van der Waals surface area contributed by atoms with Crippen molar-refractivity contribution < 1.29 is 4.74 Å². The summed E-state index contributed by atoms with van der Waals surface area (Å²) in [4.78, 5) is 0. The number of nitrogens with two attached hydrogens (primary N) is 1. The van der Waals surface area contributed by atoms with Crippen LogP contribution < -0.4 is 10.5 Å². The lowest BCUT2D eigenvalue weighted by Crippen LogP contribution is -2.17. The number of hydrogen-bond donors (Lipinski definition) is 1. The van der Waals surface area contributed by atoms with Gasteiger partial charge in [0.2, 0.25) is 0 Å². The quantitative estimate of drug-likeness (QED) is 0.885. The molecule has 0 bridgehead atoms. The molecule has 0 aliphatic rings. The Bertz CT molecular complexity index is 566. The van der Waals surface area contributed by atoms with Crippen LogP contribution in [0.3, 0.4) is 0 Å². The SMILES string of the molecule is CCCn1cc(Oc2ccc(CC(C)N)cc2Cl)cn1. The van der Waals surface area contributed by atoms with Crippen molar-refractivity contribution >= 4 is 11.6 Å². The fourth-order valence-electron chi connectivity index (χ4n) is 2.00. The fourth-order valence-corrected chi connectivity index (χ4v) is 2.24. The van der Waals surface area contributed by atoms with Gasteiger partial charge in [-0.25, -0.2) is 0 Å². The zero-order chi connectivity index (χ0) is 14.5. The molecule has 1 atom stereocenters. The van der Waals surface area contributed by atoms with E-state index in [0.717, 1.165) is 24.9 Å². The number of nitrogens with zero attached hydrogens (tertiary/aromatic N) is 2. The lowest BCUT2D eigenvalue weighted by molar-refractivity contribution is 0.480. The second-order valence-corrected chi connectivity index (χ2v) is 5.39. The molecule has 0 amide bonds. The van der Waals surface area contributed by atoms with Gasteiger partial charge in [-0.05, 0) is 37.5 Å². The Morgan fingerprint density at radius 2 is 2.25 bits per heavy atom. The van der Waals surface area contributed by atoms with Crippen molar-refractivity contribution in [3.63, 3.8) is 0 Å². The first kappa shape index (κ1) is 14.9. The summed E-state index contributed by atoms with van der Waals surface area (Å²) in [6, 6.07) is 5.87. The molecule has 1 aromatic carbocycles. The number of aryl methyl sites for hydroxylation is 1. The van der Waals surface area contributed by atoms with E-state index in [-0.39, 0.29) is 6.04 Å². The maximum Gasteiger partial charge on any atom is 0.165 e. The Kier molecular flexibility index (Phi) is 5.04. The van der Waals surface area contributed by atoms with Crippen molar-refractivity contribution in [3.05, 3.63) is 41.2 Å². The van der Waals surface area contributed by atoms with Gasteiger partial charge in [0.05, 0.1) is 17.4 Å². The van der Waals surface area contributed by atoms with Crippen molar-refractivity contribution in [2.45, 2.75) is 39.3 Å². The molecule has 1 heterocycles. The van der Waals surface area contributed by atoms with E-state index in [4.69, 9.17) is 22.1 Å². The normalized spacial score (nSPS) is 12.4. The zero-order valence-electron chi connectivity index (χ0n) is 11.8. The highest BCUT2D eigenvalue weighted by Gasteiger charge is 2.07. The Morgan fingerprint density at radius 3 is 2.90 bits per heavy atom. The molecule has 2 aromatic rings. The van der Waals surface area contributed by atoms with E-state index in [1.54, 1.807) is 6.20 Å². The van der Waals surface area contributed by atoms with Crippen molar-refractivity contribution in [1.29, 1.82) is 0 Å². The first-order chi connectivity index (χ1) is 9.58. The van der Waals surface area contributed by atoms with E-state index in [1.807, 2.05) is 36.0 Å². The van der Waals surface area contributed by atoms with Crippen LogP contribution in [0.5, 0.6) is 11.5 Å². The average Bonchev–Trinajstić information content (AvgIpc) is 2.80. The minimum absolute atomic E-state index is 0.116. The number of aromatic nitrogens is 2. The first-order valence-electron chi connectivity index (χ1n) is 6.82. The molecule has 0 aliphatic carbocycles. The van der Waals surface area contributed by atoms with Gasteiger partial charge in [0.1, 0.15) is 5.75 Å². The second kappa shape index (κ2) is 6.77. The van der Waals surface area contributed by atoms with Crippen LogP contribution in [0, 0.1) is 0 Å². The summed E-state index contributed by atoms with van der Waals surface area (Å²) in [6.45, 7) is 4.96. The minimum Gasteiger partial charge on any atom is -0.452 e. The molecular formula is C15H20ClN3O. The molecule has 0 spiro atoms. The number of hydrogen-bond acceptors (Lipinski definition) is 3. The van der Waals surface area contributed by atoms with E-state index in [1.165, 1.54) is 0 Å². The molecule has 0 fully saturated rings. The smallest absolute Gasteiger partial charge is 0.165 e. The van der Waals surface area contributed by atoms with E-state index in [0.29, 0.717) is 16.5 Å². The third-order valence-electron chi connectivity index (χ3n) is 2.84. The van der Waals surface area contributed by atoms with Crippen LogP contribution in [0.1, 0.15) is 25.8 Å². The van der Waals surface area contributed by atoms with Gasteiger partial charge in [-0.15, -0.1) is 0 Å². The predicted molar refractivity (Wildman–Crippen MR) is 81.4 cm³/mol. The maximum absolute atomic E-state index is 6.24. The topological polar surface area (TPSA) is 53.1 Å². The molecule has 0 saturated heterocycles. The molecular weight excluding hydrogens is 274 g/mol. The molecule has 108 valence electrons. The molecule has 1 aromatic heterocycles. The zero-order valence-corrected chi connectivity index (χ0v) is 12.6. The predicted octanol–water partition coefficient (Wildman–Crippen LogP) is 3.63. The maximum atomic E-state index is 6.24. The third kappa shape index (κ3) is 3.99. The monoisotopic (exact) mass is 293 g/mol. The van der Waals surface area contributed by atoms with Gasteiger partial charge >= 0.3 is 0 Å². The van der Waals surface area contributed by atoms with Crippen LogP contribution in [0.4, 0.5) is 0 Å². The molecule has 0 aliphatic heterocycles. The number of benzene rings is 1. The minimum atomic E-state index is 0.116. The summed E-state index contributed by atoms with van der Waals surface area (Å²) in [5.41, 5.74) is 6.89. The Hall–Kier alpha value is -1.52. The van der Waals surface area contributed by atoms with Crippen LogP contribution in [0.2, 0.25) is 5.02 Å². The Morgan fingerprint density at radius 1 is 1.45 bits per heavy atom. The van der Waals surface area contributed by atoms with Gasteiger partial charge in [-0.1, -0.05) is 24.6 Å². The number of ether oxygens (including phenoxy) is 1. The summed E-state index contributed by atoms with van der Waals surface area (Å²) >= 11 is 6.24. The Labute approximate surface area is 124 Å². The molecule has 2 rings (SSSR count). The second-order valence-electron chi connectivity index (χ2n) is 4.99. The molecule has 0 saturated carbocycles. The van der Waals surface area contributed by atoms with Crippen molar-refractivity contribution in [2.75, 3.05) is 0 Å². The van der Waals surface area contributed by atoms with Crippen molar-refractivity contribution in [2.24, 2.45) is 5.73 Å². The fraction of sp³-hybridized carbons (Fsp3) is 0.400. The molecule has 0 radical (unpaired) electrons. The van der Waals surface area contributed by atoms with Crippen molar-refractivity contribution in [1.82, 2.24) is 9.78 Å². The highest BCUT2D eigenvalue weighted by Crippen LogP contribution is 2.30. The highest BCUT2D eigenvalue weighted by molar-refractivity contribution is 6.32. The lowest BCUT2D eigenvalue weighted by atomic mass is 10.1. The van der Waals surface area contributed by atoms with Gasteiger partial charge < -0.3 is 10.5 Å². The van der Waals surface area contributed by atoms with E-state index in [9.17, 15) is 0 Å². The van der Waals surface area contributed by atoms with Gasteiger partial charge in [-0.3, -0.25) is 4.68 Å². The van der Waals surface area contributed by atoms with E-state index in [2.05, 4.69) is 12.0 Å². The standard InChI is InChI=1S/C15H20ClN3O/c1-3-6-19-10-13(9-18-19)20-15-5-4-12(7-11(2)17)8-14(15)16/h4-5,8-11H,3,6-7,17H2,1-2H3. The summed E-state index contributed by atoms with van der Waals surface area (Å²) in [5.74, 6) is 1.33. The van der Waals surface area contributed by atoms with Crippen LogP contribution in [0.15, 0.2) is 30.6 Å². The Balaban J connectivity index is 2.08. The van der Waals surface area contributed by atoms with Gasteiger partial charge in [0, 0.05) is 12.6 Å². The summed E-state index contributed by atoms with van der Waals surface area (Å²) in [5, 5.41) is 4.81. The summed E-state index contributed by atoms with van der Waals surface area (Å²) < 4.78 is 7.60. The lowest BCUT2D eigenvalue weighted by Gasteiger charge is -2.09. The van der Waals surface area contributed by atoms with Crippen LogP contribution >= 0.6 is 11.6 Å².